The molecule has 68 heavy (non-hydrogen) atoms. The highest BCUT2D eigenvalue weighted by molar-refractivity contribution is 6.31. The number of hydrogen-bond donors (Lipinski definition) is 4. The molecule has 10 heteroatoms. The molecule has 4 fully saturated rings. The van der Waals surface area contributed by atoms with Crippen molar-refractivity contribution in [3.05, 3.63) is 118 Å². The lowest BCUT2D eigenvalue weighted by atomic mass is 9.49. The lowest BCUT2D eigenvalue weighted by Crippen LogP contribution is -2.72. The minimum Gasteiger partial charge on any atom is -0.508 e. The van der Waals surface area contributed by atoms with Crippen molar-refractivity contribution in [1.29, 1.82) is 0 Å². The summed E-state index contributed by atoms with van der Waals surface area (Å²) < 4.78 is 7.38. The number of aromatic hydroxyl groups is 1. The van der Waals surface area contributed by atoms with Gasteiger partial charge in [-0.25, -0.2) is 0 Å². The molecule has 4 aliphatic carbocycles. The molecule has 5 aliphatic rings. The zero-order valence-corrected chi connectivity index (χ0v) is 43.3. The average Bonchev–Trinajstić information content (AvgIpc) is 3.79. The number of nitrogens with zero attached hydrogens (tertiary/aromatic N) is 4. The van der Waals surface area contributed by atoms with E-state index in [4.69, 9.17) is 16.3 Å². The molecule has 0 amide bonds. The van der Waals surface area contributed by atoms with Crippen LogP contribution < -0.4 is 4.74 Å². The molecule has 9 rings (SSSR count). The van der Waals surface area contributed by atoms with Gasteiger partial charge in [-0.3, -0.25) is 9.80 Å². The van der Waals surface area contributed by atoms with E-state index in [2.05, 4.69) is 67.1 Å². The Labute approximate surface area is 414 Å². The van der Waals surface area contributed by atoms with Crippen molar-refractivity contribution in [2.45, 2.75) is 171 Å². The third-order valence-electron chi connectivity index (χ3n) is 17.2. The molecule has 4 aromatic rings. The fourth-order valence-corrected chi connectivity index (χ4v) is 12.9. The fraction of sp³-hybridized carbons (Fsp3) is 0.621. The maximum atomic E-state index is 11.9. The van der Waals surface area contributed by atoms with E-state index in [1.165, 1.54) is 49.8 Å². The SMILES string of the molecule is CCC(C)N(CC(O)c1cccn1Cc1ccccc1Cl)C(C)CC.COc1cccc([C@@]2(O)CCCC[C@@H]2CN(C)C)c1.Oc1ccc2c(c1)[C@@]13CCCC[C@@]1(O)[C@@H](C2)N(CC1CCC1)CC3. The molecule has 1 saturated heterocycles. The van der Waals surface area contributed by atoms with Gasteiger partial charge in [0.05, 0.1) is 18.3 Å². The summed E-state index contributed by atoms with van der Waals surface area (Å²) in [5.41, 5.74) is 4.18. The van der Waals surface area contributed by atoms with E-state index in [0.29, 0.717) is 36.8 Å². The number of aliphatic hydroxyl groups excluding tert-OH is 1. The van der Waals surface area contributed by atoms with Gasteiger partial charge >= 0.3 is 0 Å². The number of benzene rings is 3. The van der Waals surface area contributed by atoms with Crippen LogP contribution in [-0.4, -0.2) is 111 Å². The summed E-state index contributed by atoms with van der Waals surface area (Å²) in [7, 11) is 5.81. The van der Waals surface area contributed by atoms with E-state index in [-0.39, 0.29) is 11.5 Å². The Hall–Kier alpha value is -3.41. The summed E-state index contributed by atoms with van der Waals surface area (Å²) in [5, 5.41) is 44.9. The van der Waals surface area contributed by atoms with Gasteiger partial charge in [-0.15, -0.1) is 0 Å². The van der Waals surface area contributed by atoms with Crippen LogP contribution in [0.5, 0.6) is 11.5 Å². The second kappa shape index (κ2) is 23.2. The van der Waals surface area contributed by atoms with E-state index in [9.17, 15) is 20.4 Å². The van der Waals surface area contributed by atoms with E-state index in [1.807, 2.05) is 79.0 Å². The molecule has 1 aliphatic heterocycles. The first kappa shape index (κ1) is 52.4. The molecule has 3 aromatic carbocycles. The third-order valence-corrected chi connectivity index (χ3v) is 17.6. The zero-order chi connectivity index (χ0) is 48.6. The van der Waals surface area contributed by atoms with E-state index in [1.54, 1.807) is 7.11 Å². The molecule has 0 radical (unpaired) electrons. The molecule has 0 spiro atoms. The van der Waals surface area contributed by atoms with Gasteiger partial charge in [-0.1, -0.05) is 94.0 Å². The Morgan fingerprint density at radius 2 is 1.56 bits per heavy atom. The van der Waals surface area contributed by atoms with Crippen LogP contribution in [0.25, 0.3) is 0 Å². The molecular weight excluding hydrogens is 868 g/mol. The second-order valence-corrected chi connectivity index (χ2v) is 22.0. The standard InChI is InChI=1S/C21H31ClN2O.C21H29NO2.C16H25NO2/c1-5-16(3)24(17(4)6-2)15-21(25)20-12-9-13-23(20)14-18-10-7-8-11-19(18)22;23-17-7-6-16-12-19-21(24)9-2-1-8-20(21,18(16)13-17)10-11-22(19)14-15-4-3-5-15;1-17(2)12-14-7-4-5-10-16(14,18)13-8-6-9-15(11-13)19-3/h7-13,16-17,21,25H,5-6,14-15H2,1-4H3;6-7,13,15,19,23-24H,1-5,8-12,14H2;6,8-9,11,14,18H,4-5,7,10,12H2,1-3H3/t;19-,20+,21-;14-,16+/m.11/s1. The first-order valence-electron chi connectivity index (χ1n) is 26.3. The Bertz CT molecular complexity index is 2200. The van der Waals surface area contributed by atoms with Crippen LogP contribution in [-0.2, 0) is 24.0 Å². The molecule has 3 saturated carbocycles. The number of aromatic nitrogens is 1. The van der Waals surface area contributed by atoms with Crippen molar-refractivity contribution >= 4 is 11.6 Å². The summed E-state index contributed by atoms with van der Waals surface area (Å²) in [6, 6.07) is 26.8. The van der Waals surface area contributed by atoms with Crippen LogP contribution in [0, 0.1) is 11.8 Å². The number of hydrogen-bond acceptors (Lipinski definition) is 8. The van der Waals surface area contributed by atoms with Crippen molar-refractivity contribution in [3.63, 3.8) is 0 Å². The van der Waals surface area contributed by atoms with Crippen molar-refractivity contribution < 1.29 is 25.2 Å². The highest BCUT2D eigenvalue weighted by atomic mass is 35.5. The summed E-state index contributed by atoms with van der Waals surface area (Å²) >= 11 is 6.29. The van der Waals surface area contributed by atoms with Crippen molar-refractivity contribution in [1.82, 2.24) is 19.3 Å². The smallest absolute Gasteiger partial charge is 0.119 e. The van der Waals surface area contributed by atoms with Crippen LogP contribution in [0.15, 0.2) is 85.1 Å². The normalized spacial score (nSPS) is 27.1. The number of fused-ring (bicyclic) bond motifs is 1. The van der Waals surface area contributed by atoms with Crippen molar-refractivity contribution in [3.8, 4) is 11.5 Å². The number of halogens is 1. The molecule has 2 heterocycles. The number of ether oxygens (including phenoxy) is 1. The van der Waals surface area contributed by atoms with Gasteiger partial charge in [0.1, 0.15) is 17.6 Å². The molecule has 8 atom stereocenters. The van der Waals surface area contributed by atoms with Crippen molar-refractivity contribution in [2.24, 2.45) is 11.8 Å². The van der Waals surface area contributed by atoms with Crippen LogP contribution in [0.1, 0.15) is 152 Å². The Morgan fingerprint density at radius 1 is 0.824 bits per heavy atom. The minimum atomic E-state index is -0.711. The molecule has 2 bridgehead atoms. The maximum absolute atomic E-state index is 11.9. The fourth-order valence-electron chi connectivity index (χ4n) is 12.7. The average molecular weight is 954 g/mol. The van der Waals surface area contributed by atoms with E-state index >= 15 is 0 Å². The number of aliphatic hydroxyl groups is 3. The topological polar surface area (TPSA) is 105 Å². The number of likely N-dealkylation sites (tertiary alicyclic amines) is 1. The molecule has 3 unspecified atom stereocenters. The zero-order valence-electron chi connectivity index (χ0n) is 42.6. The lowest BCUT2D eigenvalue weighted by Gasteiger charge is -2.64. The van der Waals surface area contributed by atoms with Gasteiger partial charge in [-0.05, 0) is 169 Å². The highest BCUT2D eigenvalue weighted by Crippen LogP contribution is 2.58. The second-order valence-electron chi connectivity index (χ2n) is 21.6. The predicted molar refractivity (Wildman–Crippen MR) is 278 cm³/mol. The quantitative estimate of drug-likeness (QED) is 0.0934. The Kier molecular flexibility index (Phi) is 17.9. The van der Waals surface area contributed by atoms with Crippen LogP contribution >= 0.6 is 11.6 Å². The molecule has 1 aromatic heterocycles. The third kappa shape index (κ3) is 11.4. The van der Waals surface area contributed by atoms with Gasteiger partial charge in [0.15, 0.2) is 0 Å². The van der Waals surface area contributed by atoms with Gasteiger partial charge < -0.3 is 34.6 Å². The lowest BCUT2D eigenvalue weighted by molar-refractivity contribution is -0.169. The highest BCUT2D eigenvalue weighted by Gasteiger charge is 2.63. The van der Waals surface area contributed by atoms with E-state index < -0.39 is 17.3 Å². The molecule has 374 valence electrons. The minimum absolute atomic E-state index is 0.127. The van der Waals surface area contributed by atoms with Crippen LogP contribution in [0.3, 0.4) is 0 Å². The molecular formula is C58H85ClN4O5. The maximum Gasteiger partial charge on any atom is 0.119 e. The Balaban J connectivity index is 0.000000153. The number of rotatable bonds is 15. The predicted octanol–water partition coefficient (Wildman–Crippen LogP) is 11.1. The van der Waals surface area contributed by atoms with Crippen molar-refractivity contribution in [2.75, 3.05) is 47.4 Å². The summed E-state index contributed by atoms with van der Waals surface area (Å²) in [6.45, 7) is 13.4. The summed E-state index contributed by atoms with van der Waals surface area (Å²) in [5.74, 6) is 2.32. The monoisotopic (exact) mass is 953 g/mol. The first-order chi connectivity index (χ1) is 32.7. The van der Waals surface area contributed by atoms with Crippen LogP contribution in [0.4, 0.5) is 0 Å². The van der Waals surface area contributed by atoms with Gasteiger partial charge in [-0.2, -0.15) is 0 Å². The molecule has 4 N–H and O–H groups in total. The van der Waals surface area contributed by atoms with Gasteiger partial charge in [0.2, 0.25) is 0 Å². The number of phenolic OH excluding ortho intramolecular Hbond substituents is 1. The summed E-state index contributed by atoms with van der Waals surface area (Å²) in [6.07, 6.45) is 18.4. The first-order valence-corrected chi connectivity index (χ1v) is 26.7. The Morgan fingerprint density at radius 3 is 2.25 bits per heavy atom. The van der Waals surface area contributed by atoms with Gasteiger partial charge in [0, 0.05) is 72.6 Å². The van der Waals surface area contributed by atoms with E-state index in [0.717, 1.165) is 111 Å². The number of phenols is 1. The number of methoxy groups -OCH3 is 1. The van der Waals surface area contributed by atoms with Crippen LogP contribution in [0.2, 0.25) is 5.02 Å². The number of piperidine rings is 1. The summed E-state index contributed by atoms with van der Waals surface area (Å²) in [4.78, 5) is 7.21. The largest absolute Gasteiger partial charge is 0.508 e. The van der Waals surface area contributed by atoms with Gasteiger partial charge in [0.25, 0.3) is 0 Å². The molecule has 9 nitrogen and oxygen atoms in total.